The lowest BCUT2D eigenvalue weighted by Crippen LogP contribution is -2.32. The Balaban J connectivity index is 1.83. The summed E-state index contributed by atoms with van der Waals surface area (Å²) in [6.45, 7) is 0.563. The first-order valence-corrected chi connectivity index (χ1v) is 8.22. The lowest BCUT2D eigenvalue weighted by molar-refractivity contribution is 0.0730. The molecule has 1 amide bonds. The molecule has 3 rings (SSSR count). The van der Waals surface area contributed by atoms with Crippen LogP contribution < -0.4 is 5.73 Å². The molecule has 0 atom stereocenters. The first-order valence-electron chi connectivity index (χ1n) is 6.65. The van der Waals surface area contributed by atoms with Gasteiger partial charge in [-0.15, -0.1) is 11.3 Å². The number of hydrogen-bond donors (Lipinski definition) is 1. The van der Waals surface area contributed by atoms with Crippen molar-refractivity contribution in [3.63, 3.8) is 0 Å². The Morgan fingerprint density at radius 2 is 1.95 bits per heavy atom. The van der Waals surface area contributed by atoms with Crippen LogP contribution in [0.1, 0.15) is 28.8 Å². The number of benzene rings is 1. The van der Waals surface area contributed by atoms with Gasteiger partial charge in [-0.1, -0.05) is 35.3 Å². The van der Waals surface area contributed by atoms with E-state index in [0.29, 0.717) is 26.8 Å². The number of hydrogen-bond acceptors (Lipinski definition) is 3. The molecule has 110 valence electrons. The fourth-order valence-corrected chi connectivity index (χ4v) is 3.66. The van der Waals surface area contributed by atoms with Crippen molar-refractivity contribution in [2.75, 3.05) is 5.73 Å². The molecule has 0 aliphatic heterocycles. The molecule has 1 aromatic carbocycles. The van der Waals surface area contributed by atoms with Crippen LogP contribution in [-0.2, 0) is 6.54 Å². The Labute approximate surface area is 137 Å². The standard InChI is InChI=1S/C15H14Cl2N2OS/c16-13-7-12(14(17)21-13)15(20)19(11-5-6-11)8-9-1-3-10(18)4-2-9/h1-4,7,11H,5-6,8,18H2. The van der Waals surface area contributed by atoms with Gasteiger partial charge in [-0.2, -0.15) is 0 Å². The Kier molecular flexibility index (Phi) is 4.11. The molecule has 21 heavy (non-hydrogen) atoms. The molecular formula is C15H14Cl2N2OS. The molecule has 2 aromatic rings. The number of halogens is 2. The number of nitrogens with zero attached hydrogens (tertiary/aromatic N) is 1. The third-order valence-electron chi connectivity index (χ3n) is 3.47. The summed E-state index contributed by atoms with van der Waals surface area (Å²) in [4.78, 5) is 14.6. The highest BCUT2D eigenvalue weighted by molar-refractivity contribution is 7.20. The van der Waals surface area contributed by atoms with Gasteiger partial charge in [0.15, 0.2) is 0 Å². The maximum atomic E-state index is 12.7. The van der Waals surface area contributed by atoms with Crippen LogP contribution >= 0.6 is 34.5 Å². The summed E-state index contributed by atoms with van der Waals surface area (Å²) in [6, 6.07) is 9.53. The number of thiophene rings is 1. The Morgan fingerprint density at radius 3 is 2.48 bits per heavy atom. The smallest absolute Gasteiger partial charge is 0.256 e. The average molecular weight is 341 g/mol. The minimum Gasteiger partial charge on any atom is -0.399 e. The van der Waals surface area contributed by atoms with Crippen molar-refractivity contribution in [3.05, 3.63) is 50.1 Å². The van der Waals surface area contributed by atoms with Gasteiger partial charge in [-0.3, -0.25) is 4.79 Å². The SMILES string of the molecule is Nc1ccc(CN(C(=O)c2cc(Cl)sc2Cl)C2CC2)cc1. The van der Waals surface area contributed by atoms with Gasteiger partial charge >= 0.3 is 0 Å². The van der Waals surface area contributed by atoms with E-state index in [1.54, 1.807) is 6.07 Å². The van der Waals surface area contributed by atoms with E-state index in [-0.39, 0.29) is 5.91 Å². The van der Waals surface area contributed by atoms with Crippen molar-refractivity contribution < 1.29 is 4.79 Å². The van der Waals surface area contributed by atoms with E-state index in [2.05, 4.69) is 0 Å². The van der Waals surface area contributed by atoms with Crippen LogP contribution in [0.25, 0.3) is 0 Å². The molecular weight excluding hydrogens is 327 g/mol. The van der Waals surface area contributed by atoms with Crippen LogP contribution in [0.4, 0.5) is 5.69 Å². The van der Waals surface area contributed by atoms with Crippen LogP contribution in [0, 0.1) is 0 Å². The minimum absolute atomic E-state index is 0.0533. The normalized spacial score (nSPS) is 14.2. The van der Waals surface area contributed by atoms with Crippen molar-refractivity contribution in [1.29, 1.82) is 0 Å². The summed E-state index contributed by atoms with van der Waals surface area (Å²) >= 11 is 13.3. The zero-order valence-corrected chi connectivity index (χ0v) is 13.5. The third-order valence-corrected chi connectivity index (χ3v) is 4.96. The van der Waals surface area contributed by atoms with Gasteiger partial charge < -0.3 is 10.6 Å². The highest BCUT2D eigenvalue weighted by atomic mass is 35.5. The van der Waals surface area contributed by atoms with Gasteiger partial charge in [0, 0.05) is 18.3 Å². The molecule has 0 spiro atoms. The zero-order valence-electron chi connectivity index (χ0n) is 11.2. The van der Waals surface area contributed by atoms with Crippen molar-refractivity contribution in [2.45, 2.75) is 25.4 Å². The maximum absolute atomic E-state index is 12.7. The van der Waals surface area contributed by atoms with E-state index >= 15 is 0 Å². The second-order valence-electron chi connectivity index (χ2n) is 5.14. The van der Waals surface area contributed by atoms with Crippen LogP contribution in [-0.4, -0.2) is 16.8 Å². The summed E-state index contributed by atoms with van der Waals surface area (Å²) in [6.07, 6.45) is 2.08. The molecule has 3 nitrogen and oxygen atoms in total. The number of nitrogens with two attached hydrogens (primary N) is 1. The quantitative estimate of drug-likeness (QED) is 0.836. The molecule has 0 radical (unpaired) electrons. The highest BCUT2D eigenvalue weighted by Gasteiger charge is 2.34. The van der Waals surface area contributed by atoms with Gasteiger partial charge in [0.2, 0.25) is 0 Å². The van der Waals surface area contributed by atoms with Crippen molar-refractivity contribution >= 4 is 46.1 Å². The zero-order chi connectivity index (χ0) is 15.0. The van der Waals surface area contributed by atoms with Crippen molar-refractivity contribution in [2.24, 2.45) is 0 Å². The first-order chi connectivity index (χ1) is 10.0. The van der Waals surface area contributed by atoms with Gasteiger partial charge in [0.05, 0.1) is 9.90 Å². The predicted molar refractivity (Wildman–Crippen MR) is 88.1 cm³/mol. The second kappa shape index (κ2) is 5.87. The van der Waals surface area contributed by atoms with Crippen molar-refractivity contribution in [1.82, 2.24) is 4.90 Å². The minimum atomic E-state index is -0.0533. The number of carbonyl (C=O) groups is 1. The maximum Gasteiger partial charge on any atom is 0.256 e. The lowest BCUT2D eigenvalue weighted by Gasteiger charge is -2.22. The molecule has 1 aliphatic rings. The number of carbonyl (C=O) groups excluding carboxylic acids is 1. The Bertz CT molecular complexity index is 665. The predicted octanol–water partition coefficient (Wildman–Crippen LogP) is 4.44. The topological polar surface area (TPSA) is 46.3 Å². The van der Waals surface area contributed by atoms with E-state index in [1.165, 1.54) is 11.3 Å². The first kappa shape index (κ1) is 14.7. The summed E-state index contributed by atoms with van der Waals surface area (Å²) in [5.41, 5.74) is 7.96. The van der Waals surface area contributed by atoms with Gasteiger partial charge in [-0.25, -0.2) is 0 Å². The molecule has 1 heterocycles. The van der Waals surface area contributed by atoms with Crippen LogP contribution in [0.15, 0.2) is 30.3 Å². The Morgan fingerprint density at radius 1 is 1.29 bits per heavy atom. The van der Waals surface area contributed by atoms with E-state index in [1.807, 2.05) is 29.2 Å². The molecule has 6 heteroatoms. The number of anilines is 1. The van der Waals surface area contributed by atoms with Crippen LogP contribution in [0.5, 0.6) is 0 Å². The number of rotatable bonds is 4. The fraction of sp³-hybridized carbons (Fsp3) is 0.267. The monoisotopic (exact) mass is 340 g/mol. The van der Waals surface area contributed by atoms with E-state index in [0.717, 1.165) is 24.1 Å². The van der Waals surface area contributed by atoms with E-state index < -0.39 is 0 Å². The molecule has 2 N–H and O–H groups in total. The van der Waals surface area contributed by atoms with Gasteiger partial charge in [0.25, 0.3) is 5.91 Å². The average Bonchev–Trinajstić information content (AvgIpc) is 3.22. The largest absolute Gasteiger partial charge is 0.399 e. The highest BCUT2D eigenvalue weighted by Crippen LogP contribution is 2.35. The third kappa shape index (κ3) is 3.34. The second-order valence-corrected chi connectivity index (χ2v) is 7.43. The summed E-state index contributed by atoms with van der Waals surface area (Å²) in [7, 11) is 0. The fourth-order valence-electron chi connectivity index (χ4n) is 2.21. The number of amides is 1. The van der Waals surface area contributed by atoms with Crippen molar-refractivity contribution in [3.8, 4) is 0 Å². The van der Waals surface area contributed by atoms with Crippen LogP contribution in [0.3, 0.4) is 0 Å². The number of nitrogen functional groups attached to an aromatic ring is 1. The summed E-state index contributed by atoms with van der Waals surface area (Å²) in [5.74, 6) is -0.0533. The van der Waals surface area contributed by atoms with E-state index in [9.17, 15) is 4.79 Å². The summed E-state index contributed by atoms with van der Waals surface area (Å²) < 4.78 is 0.986. The molecule has 1 fully saturated rings. The molecule has 0 unspecified atom stereocenters. The lowest BCUT2D eigenvalue weighted by atomic mass is 10.1. The molecule has 1 saturated carbocycles. The molecule has 1 aliphatic carbocycles. The van der Waals surface area contributed by atoms with E-state index in [4.69, 9.17) is 28.9 Å². The van der Waals surface area contributed by atoms with Crippen LogP contribution in [0.2, 0.25) is 8.67 Å². The molecule has 0 saturated heterocycles. The molecule has 0 bridgehead atoms. The van der Waals surface area contributed by atoms with Gasteiger partial charge in [0.1, 0.15) is 4.34 Å². The Hall–Kier alpha value is -1.23. The van der Waals surface area contributed by atoms with Gasteiger partial charge in [-0.05, 0) is 36.6 Å². The summed E-state index contributed by atoms with van der Waals surface area (Å²) in [5, 5.41) is 0. The molecule has 1 aromatic heterocycles.